The lowest BCUT2D eigenvalue weighted by atomic mass is 9.59. The summed E-state index contributed by atoms with van der Waals surface area (Å²) in [5, 5.41) is 33.3. The van der Waals surface area contributed by atoms with Gasteiger partial charge >= 0.3 is 0 Å². The molecular weight excluding hydrogens is 859 g/mol. The van der Waals surface area contributed by atoms with Crippen LogP contribution in [0.2, 0.25) is 0 Å². The lowest BCUT2D eigenvalue weighted by Crippen LogP contribution is -2.42. The standard InChI is InChI=1S/C68H71N3/c1-60(2)52-22-19-37(28-55(52)63(7,8)66(60,13)14)43-31-49-46(25-40(43)34-69)58-47-26-41(35-70)44(38-20-23-53-56(29-38)64(9,10)67(15,16)61(53,3)4)32-50(47)59(49)51-33-45(42(36-71)27-48(51)58)39-21-24-54-57(30-39)65(11,12)68(17,18)62(54,5)6/h19-33,58-59H,1-18H3. The molecule has 0 atom stereocenters. The van der Waals surface area contributed by atoms with E-state index >= 15 is 0 Å². The molecule has 358 valence electrons. The first-order valence-electron chi connectivity index (χ1n) is 26.1. The summed E-state index contributed by atoms with van der Waals surface area (Å²) in [7, 11) is 0. The summed E-state index contributed by atoms with van der Waals surface area (Å²) >= 11 is 0. The molecule has 6 aromatic carbocycles. The number of nitriles is 3. The molecule has 3 nitrogen and oxygen atoms in total. The summed E-state index contributed by atoms with van der Waals surface area (Å²) in [6, 6.07) is 42.2. The van der Waals surface area contributed by atoms with Gasteiger partial charge in [0.25, 0.3) is 0 Å². The van der Waals surface area contributed by atoms with E-state index < -0.39 is 0 Å². The second-order valence-electron chi connectivity index (χ2n) is 27.2. The van der Waals surface area contributed by atoms with Crippen molar-refractivity contribution in [2.24, 2.45) is 16.2 Å². The largest absolute Gasteiger partial charge is 0.192 e. The topological polar surface area (TPSA) is 71.4 Å². The Kier molecular flexibility index (Phi) is 9.19. The lowest BCUT2D eigenvalue weighted by molar-refractivity contribution is 0.125. The van der Waals surface area contributed by atoms with Gasteiger partial charge in [0.2, 0.25) is 0 Å². The maximum atomic E-state index is 11.1. The lowest BCUT2D eigenvalue weighted by Gasteiger charge is -2.44. The predicted octanol–water partition coefficient (Wildman–Crippen LogP) is 17.1. The number of hydrogen-bond donors (Lipinski definition) is 0. The number of fused-ring (bicyclic) bond motifs is 3. The minimum atomic E-state index is -0.273. The van der Waals surface area contributed by atoms with Crippen LogP contribution in [0.25, 0.3) is 33.4 Å². The van der Waals surface area contributed by atoms with Crippen LogP contribution in [-0.4, -0.2) is 0 Å². The van der Waals surface area contributed by atoms with Gasteiger partial charge in [-0.05, 0) is 185 Å². The van der Waals surface area contributed by atoms with Gasteiger partial charge in [0, 0.05) is 11.8 Å². The third-order valence-corrected chi connectivity index (χ3v) is 23.3. The average molecular weight is 930 g/mol. The maximum Gasteiger partial charge on any atom is 0.0998 e. The minimum absolute atomic E-state index is 0.00337. The SMILES string of the molecule is CC1(C)c2ccc(-c3cc4c(cc3C#N)C3c5cc(C#N)c(-c6ccc7c(c6)C(C)(C)C(C)(C)C7(C)C)cc5C4c4cc(-c5ccc6c(c5)C(C)(C)C(C)(C)C6(C)C)c(C#N)cc43)cc2C(C)(C)C1(C)C. The molecule has 0 saturated heterocycles. The van der Waals surface area contributed by atoms with Gasteiger partial charge in [-0.2, -0.15) is 15.8 Å². The zero-order valence-corrected chi connectivity index (χ0v) is 45.7. The fourth-order valence-electron chi connectivity index (χ4n) is 15.1. The van der Waals surface area contributed by atoms with Gasteiger partial charge in [0.15, 0.2) is 0 Å². The Morgan fingerprint density at radius 1 is 0.282 bits per heavy atom. The first kappa shape index (κ1) is 47.1. The van der Waals surface area contributed by atoms with Crippen molar-refractivity contribution in [3.8, 4) is 51.6 Å². The molecule has 6 aromatic rings. The Bertz CT molecular complexity index is 3180. The molecule has 0 spiro atoms. The molecule has 0 saturated carbocycles. The van der Waals surface area contributed by atoms with Crippen LogP contribution in [0.4, 0.5) is 0 Å². The highest BCUT2D eigenvalue weighted by Gasteiger charge is 2.59. The van der Waals surface area contributed by atoms with Gasteiger partial charge < -0.3 is 0 Å². The van der Waals surface area contributed by atoms with Gasteiger partial charge in [-0.1, -0.05) is 179 Å². The molecule has 0 N–H and O–H groups in total. The third-order valence-electron chi connectivity index (χ3n) is 23.3. The van der Waals surface area contributed by atoms with Gasteiger partial charge in [-0.15, -0.1) is 0 Å². The predicted molar refractivity (Wildman–Crippen MR) is 291 cm³/mol. The Labute approximate surface area is 425 Å². The fourth-order valence-corrected chi connectivity index (χ4v) is 15.1. The molecule has 0 aromatic heterocycles. The van der Waals surface area contributed by atoms with Crippen LogP contribution in [0.15, 0.2) is 91.0 Å². The van der Waals surface area contributed by atoms with E-state index in [1.165, 1.54) is 50.1 Å². The van der Waals surface area contributed by atoms with Crippen molar-refractivity contribution < 1.29 is 0 Å². The monoisotopic (exact) mass is 930 g/mol. The van der Waals surface area contributed by atoms with Gasteiger partial charge in [-0.25, -0.2) is 0 Å². The Morgan fingerprint density at radius 3 is 0.718 bits per heavy atom. The Balaban J connectivity index is 1.16. The summed E-state index contributed by atoms with van der Waals surface area (Å²) in [4.78, 5) is 0. The van der Waals surface area contributed by atoms with Crippen molar-refractivity contribution in [1.29, 1.82) is 15.8 Å². The minimum Gasteiger partial charge on any atom is -0.192 e. The van der Waals surface area contributed by atoms with E-state index in [1.807, 2.05) is 0 Å². The molecule has 0 aliphatic heterocycles. The molecule has 6 aliphatic carbocycles. The van der Waals surface area contributed by atoms with E-state index in [-0.39, 0.29) is 60.6 Å². The average Bonchev–Trinajstić information content (AvgIpc) is 3.56. The van der Waals surface area contributed by atoms with Crippen LogP contribution in [0, 0.1) is 50.2 Å². The molecule has 12 rings (SSSR count). The quantitative estimate of drug-likeness (QED) is 0.177. The summed E-state index contributed by atoms with van der Waals surface area (Å²) in [6.45, 7) is 42.9. The van der Waals surface area contributed by atoms with Crippen LogP contribution in [0.1, 0.15) is 220 Å². The molecule has 71 heavy (non-hydrogen) atoms. The van der Waals surface area contributed by atoms with Crippen molar-refractivity contribution in [3.05, 3.63) is 174 Å². The zero-order chi connectivity index (χ0) is 51.5. The summed E-state index contributed by atoms with van der Waals surface area (Å²) in [5.41, 5.74) is 22.5. The normalized spacial score (nSPS) is 23.2. The summed E-state index contributed by atoms with van der Waals surface area (Å²) < 4.78 is 0. The molecule has 3 heteroatoms. The van der Waals surface area contributed by atoms with Crippen molar-refractivity contribution in [2.75, 3.05) is 0 Å². The molecule has 0 radical (unpaired) electrons. The van der Waals surface area contributed by atoms with E-state index in [2.05, 4.69) is 234 Å². The second kappa shape index (κ2) is 13.8. The zero-order valence-electron chi connectivity index (χ0n) is 45.7. The number of benzene rings is 6. The number of hydrogen-bond acceptors (Lipinski definition) is 3. The van der Waals surface area contributed by atoms with E-state index in [0.29, 0.717) is 16.7 Å². The van der Waals surface area contributed by atoms with Crippen LogP contribution in [-0.2, 0) is 32.5 Å². The summed E-state index contributed by atoms with van der Waals surface area (Å²) in [5.74, 6) is -0.481. The van der Waals surface area contributed by atoms with E-state index in [9.17, 15) is 15.8 Å². The Hall–Kier alpha value is -6.21. The Morgan fingerprint density at radius 2 is 0.493 bits per heavy atom. The molecule has 0 unspecified atom stereocenters. The van der Waals surface area contributed by atoms with Crippen molar-refractivity contribution in [2.45, 2.75) is 169 Å². The molecule has 0 fully saturated rings. The van der Waals surface area contributed by atoms with Crippen molar-refractivity contribution in [3.63, 3.8) is 0 Å². The fraction of sp³-hybridized carbons (Fsp3) is 0.426. The van der Waals surface area contributed by atoms with Gasteiger partial charge in [0.1, 0.15) is 0 Å². The van der Waals surface area contributed by atoms with Crippen LogP contribution < -0.4 is 0 Å². The van der Waals surface area contributed by atoms with E-state index in [0.717, 1.165) is 50.1 Å². The van der Waals surface area contributed by atoms with Gasteiger partial charge in [-0.3, -0.25) is 0 Å². The van der Waals surface area contributed by atoms with Gasteiger partial charge in [0.05, 0.1) is 34.9 Å². The first-order valence-corrected chi connectivity index (χ1v) is 26.1. The highest BCUT2D eigenvalue weighted by molar-refractivity contribution is 5.84. The number of nitrogens with zero attached hydrogens (tertiary/aromatic N) is 3. The second-order valence-corrected chi connectivity index (χ2v) is 27.2. The maximum absolute atomic E-state index is 11.1. The molecule has 0 amide bonds. The van der Waals surface area contributed by atoms with E-state index in [1.54, 1.807) is 0 Å². The molecule has 0 heterocycles. The van der Waals surface area contributed by atoms with Crippen molar-refractivity contribution in [1.82, 2.24) is 0 Å². The highest BCUT2D eigenvalue weighted by Crippen LogP contribution is 2.66. The summed E-state index contributed by atoms with van der Waals surface area (Å²) in [6.07, 6.45) is 0. The molecule has 6 aliphatic rings. The van der Waals surface area contributed by atoms with E-state index in [4.69, 9.17) is 0 Å². The van der Waals surface area contributed by atoms with Crippen LogP contribution in [0.3, 0.4) is 0 Å². The third kappa shape index (κ3) is 5.38. The van der Waals surface area contributed by atoms with Crippen LogP contribution in [0.5, 0.6) is 0 Å². The number of rotatable bonds is 3. The highest BCUT2D eigenvalue weighted by atomic mass is 14.6. The van der Waals surface area contributed by atoms with Crippen molar-refractivity contribution >= 4 is 0 Å². The van der Waals surface area contributed by atoms with Crippen LogP contribution >= 0.6 is 0 Å². The molecular formula is C68H71N3. The smallest absolute Gasteiger partial charge is 0.0998 e. The first-order chi connectivity index (χ1) is 32.9. The molecule has 2 bridgehead atoms.